The Morgan fingerprint density at radius 3 is 2.66 bits per heavy atom. The number of aryl methyl sites for hydroxylation is 1. The van der Waals surface area contributed by atoms with Gasteiger partial charge in [0.25, 0.3) is 5.56 Å². The Hall–Kier alpha value is -2.76. The molecule has 3 heterocycles. The van der Waals surface area contributed by atoms with Gasteiger partial charge in [0.2, 0.25) is 0 Å². The number of fused-ring (bicyclic) bond motifs is 2. The van der Waals surface area contributed by atoms with Crippen LogP contribution in [0.1, 0.15) is 12.8 Å². The minimum Gasteiger partial charge on any atom is -0.450 e. The van der Waals surface area contributed by atoms with Crippen LogP contribution >= 0.6 is 11.6 Å². The molecule has 1 saturated carbocycles. The van der Waals surface area contributed by atoms with E-state index in [4.69, 9.17) is 16.3 Å². The molecule has 0 spiro atoms. The van der Waals surface area contributed by atoms with Crippen LogP contribution in [0.15, 0.2) is 35.4 Å². The topological polar surface area (TPSA) is 93.5 Å². The zero-order chi connectivity index (χ0) is 22.8. The predicted octanol–water partition coefficient (Wildman–Crippen LogP) is 3.41. The maximum atomic E-state index is 15.0. The highest BCUT2D eigenvalue weighted by molar-refractivity contribution is 7.90. The van der Waals surface area contributed by atoms with Gasteiger partial charge < -0.3 is 9.30 Å². The van der Waals surface area contributed by atoms with Crippen LogP contribution in [0, 0.1) is 17.6 Å². The lowest BCUT2D eigenvalue weighted by Gasteiger charge is -2.26. The standard InChI is InChI=1S/C20H17ClF2N4O4S/c1-26-9-24-13-4-5-15(18(23)16(13)20(26)28)31-19-12(22)2-3-14(17(19)21)25-32(29,30)27-8-10-6-11(27)7-10/h2-5,9-11,25H,6-8H2,1H3. The number of halogens is 3. The molecule has 6 rings (SSSR count). The minimum atomic E-state index is -3.90. The summed E-state index contributed by atoms with van der Waals surface area (Å²) in [7, 11) is -2.48. The summed E-state index contributed by atoms with van der Waals surface area (Å²) in [6.45, 7) is 0.424. The number of ether oxygens (including phenoxy) is 1. The molecule has 0 unspecified atom stereocenters. The van der Waals surface area contributed by atoms with Crippen molar-refractivity contribution in [3.8, 4) is 11.5 Å². The Morgan fingerprint density at radius 2 is 1.97 bits per heavy atom. The van der Waals surface area contributed by atoms with Crippen LogP contribution in [-0.2, 0) is 17.3 Å². The molecule has 2 aliphatic heterocycles. The fraction of sp³-hybridized carbons (Fsp3) is 0.300. The largest absolute Gasteiger partial charge is 0.450 e. The first-order valence-electron chi connectivity index (χ1n) is 9.75. The summed E-state index contributed by atoms with van der Waals surface area (Å²) in [5.74, 6) is -2.63. The van der Waals surface area contributed by atoms with E-state index in [9.17, 15) is 17.6 Å². The van der Waals surface area contributed by atoms with Crippen molar-refractivity contribution in [1.82, 2.24) is 13.9 Å². The van der Waals surface area contributed by atoms with E-state index in [1.165, 1.54) is 35.9 Å². The van der Waals surface area contributed by atoms with Gasteiger partial charge in [0.05, 0.1) is 17.5 Å². The second kappa shape index (κ2) is 7.39. The van der Waals surface area contributed by atoms with Crippen molar-refractivity contribution >= 4 is 38.4 Å². The van der Waals surface area contributed by atoms with Gasteiger partial charge in [-0.05, 0) is 43.0 Å². The summed E-state index contributed by atoms with van der Waals surface area (Å²) >= 11 is 6.24. The van der Waals surface area contributed by atoms with E-state index in [0.717, 1.165) is 23.5 Å². The molecule has 2 aromatic carbocycles. The van der Waals surface area contributed by atoms with Crippen molar-refractivity contribution in [2.75, 3.05) is 11.3 Å². The smallest absolute Gasteiger partial charge is 0.301 e. The number of hydrogen-bond donors (Lipinski definition) is 1. The lowest BCUT2D eigenvalue weighted by molar-refractivity contribution is 0.327. The van der Waals surface area contributed by atoms with E-state index in [1.54, 1.807) is 0 Å². The van der Waals surface area contributed by atoms with E-state index in [-0.39, 0.29) is 27.7 Å². The Kier molecular flexibility index (Phi) is 4.88. The maximum Gasteiger partial charge on any atom is 0.301 e. The number of hydrogen-bond acceptors (Lipinski definition) is 5. The molecule has 2 saturated heterocycles. The van der Waals surface area contributed by atoms with Crippen molar-refractivity contribution in [1.29, 1.82) is 0 Å². The number of aromatic nitrogens is 2. The first kappa shape index (κ1) is 21.1. The fourth-order valence-electron chi connectivity index (χ4n) is 4.11. The molecule has 1 N–H and O–H groups in total. The summed E-state index contributed by atoms with van der Waals surface area (Å²) < 4.78 is 65.2. The zero-order valence-corrected chi connectivity index (χ0v) is 18.3. The van der Waals surface area contributed by atoms with E-state index >= 15 is 4.39 Å². The fourth-order valence-corrected chi connectivity index (χ4v) is 5.94. The lowest BCUT2D eigenvalue weighted by Crippen LogP contribution is -2.38. The predicted molar refractivity (Wildman–Crippen MR) is 114 cm³/mol. The van der Waals surface area contributed by atoms with Gasteiger partial charge in [-0.15, -0.1) is 0 Å². The second-order valence-electron chi connectivity index (χ2n) is 7.94. The van der Waals surface area contributed by atoms with Crippen molar-refractivity contribution < 1.29 is 21.9 Å². The van der Waals surface area contributed by atoms with Gasteiger partial charge in [0, 0.05) is 19.6 Å². The number of nitrogens with zero attached hydrogens (tertiary/aromatic N) is 3. The van der Waals surface area contributed by atoms with Crippen LogP contribution in [0.4, 0.5) is 14.5 Å². The number of anilines is 1. The molecule has 2 bridgehead atoms. The molecule has 3 aliphatic rings. The third kappa shape index (κ3) is 3.31. The van der Waals surface area contributed by atoms with E-state index < -0.39 is 38.9 Å². The van der Waals surface area contributed by atoms with Crippen LogP contribution in [0.2, 0.25) is 5.02 Å². The summed E-state index contributed by atoms with van der Waals surface area (Å²) in [6, 6.07) is 4.62. The quantitative estimate of drug-likeness (QED) is 0.601. The highest BCUT2D eigenvalue weighted by Gasteiger charge is 2.48. The van der Waals surface area contributed by atoms with Crippen LogP contribution in [0.5, 0.6) is 11.5 Å². The van der Waals surface area contributed by atoms with Crippen molar-refractivity contribution in [2.45, 2.75) is 18.9 Å². The summed E-state index contributed by atoms with van der Waals surface area (Å²) in [6.07, 6.45) is 2.89. The third-order valence-electron chi connectivity index (χ3n) is 5.85. The van der Waals surface area contributed by atoms with Gasteiger partial charge in [-0.25, -0.2) is 13.8 Å². The molecule has 0 radical (unpaired) electrons. The Labute approximate surface area is 186 Å². The van der Waals surface area contributed by atoms with Crippen molar-refractivity contribution in [3.05, 3.63) is 57.6 Å². The SMILES string of the molecule is Cn1cnc2ccc(Oc3c(F)ccc(NS(=O)(=O)N4CC5CC4C5)c3Cl)c(F)c2c1=O. The van der Waals surface area contributed by atoms with Crippen LogP contribution < -0.4 is 15.0 Å². The number of rotatable bonds is 5. The van der Waals surface area contributed by atoms with Gasteiger partial charge in [-0.2, -0.15) is 12.7 Å². The molecule has 1 aromatic heterocycles. The van der Waals surface area contributed by atoms with Crippen LogP contribution in [0.3, 0.4) is 0 Å². The Balaban J connectivity index is 1.50. The highest BCUT2D eigenvalue weighted by Crippen LogP contribution is 2.44. The molecule has 1 aliphatic carbocycles. The second-order valence-corrected chi connectivity index (χ2v) is 9.94. The number of nitrogens with one attached hydrogen (secondary N) is 1. The molecule has 0 atom stereocenters. The molecule has 12 heteroatoms. The Bertz CT molecular complexity index is 1420. The molecule has 3 aromatic rings. The molecule has 3 fully saturated rings. The minimum absolute atomic E-state index is 0.0460. The first-order valence-corrected chi connectivity index (χ1v) is 11.6. The third-order valence-corrected chi connectivity index (χ3v) is 7.77. The summed E-state index contributed by atoms with van der Waals surface area (Å²) in [4.78, 5) is 16.3. The summed E-state index contributed by atoms with van der Waals surface area (Å²) in [5, 5.41) is -0.701. The molecule has 168 valence electrons. The molecular weight excluding hydrogens is 466 g/mol. The van der Waals surface area contributed by atoms with E-state index in [1.807, 2.05) is 0 Å². The van der Waals surface area contributed by atoms with Gasteiger partial charge in [0.1, 0.15) is 10.4 Å². The van der Waals surface area contributed by atoms with Gasteiger partial charge in [-0.3, -0.25) is 9.52 Å². The molecule has 0 amide bonds. The van der Waals surface area contributed by atoms with E-state index in [0.29, 0.717) is 12.5 Å². The van der Waals surface area contributed by atoms with Crippen molar-refractivity contribution in [3.63, 3.8) is 0 Å². The lowest BCUT2D eigenvalue weighted by atomic mass is 9.87. The molecule has 32 heavy (non-hydrogen) atoms. The van der Waals surface area contributed by atoms with Gasteiger partial charge in [0.15, 0.2) is 23.1 Å². The average Bonchev–Trinajstić information content (AvgIpc) is 3.34. The van der Waals surface area contributed by atoms with Gasteiger partial charge >= 0.3 is 10.2 Å². The maximum absolute atomic E-state index is 15.0. The Morgan fingerprint density at radius 1 is 1.22 bits per heavy atom. The number of benzene rings is 2. The first-order chi connectivity index (χ1) is 15.2. The van der Waals surface area contributed by atoms with Crippen LogP contribution in [0.25, 0.3) is 10.9 Å². The van der Waals surface area contributed by atoms with Gasteiger partial charge in [-0.1, -0.05) is 11.6 Å². The normalized spacial score (nSPS) is 20.4. The highest BCUT2D eigenvalue weighted by atomic mass is 35.5. The average molecular weight is 483 g/mol. The molecular formula is C20H17ClF2N4O4S. The monoisotopic (exact) mass is 482 g/mol. The molecule has 8 nitrogen and oxygen atoms in total. The van der Waals surface area contributed by atoms with E-state index in [2.05, 4.69) is 9.71 Å². The zero-order valence-electron chi connectivity index (χ0n) is 16.7. The van der Waals surface area contributed by atoms with Crippen LogP contribution in [-0.4, -0.2) is 34.9 Å². The summed E-state index contributed by atoms with van der Waals surface area (Å²) in [5.41, 5.74) is -0.643. The van der Waals surface area contributed by atoms with Crippen molar-refractivity contribution in [2.24, 2.45) is 13.0 Å².